The van der Waals surface area contributed by atoms with Crippen LogP contribution in [0.3, 0.4) is 0 Å². The number of benzene rings is 1. The van der Waals surface area contributed by atoms with Crippen molar-refractivity contribution in [2.24, 2.45) is 0 Å². The summed E-state index contributed by atoms with van der Waals surface area (Å²) in [4.78, 5) is 2.40. The summed E-state index contributed by atoms with van der Waals surface area (Å²) >= 11 is 0. The van der Waals surface area contributed by atoms with Gasteiger partial charge in [0.25, 0.3) is 0 Å². The Morgan fingerprint density at radius 2 is 2.18 bits per heavy atom. The van der Waals surface area contributed by atoms with Gasteiger partial charge in [0, 0.05) is 12.2 Å². The monoisotopic (exact) mass is 235 g/mol. The Bertz CT molecular complexity index is 401. The largest absolute Gasteiger partial charge is 0.392 e. The highest BCUT2D eigenvalue weighted by Gasteiger charge is 2.31. The van der Waals surface area contributed by atoms with Crippen molar-refractivity contribution in [3.05, 3.63) is 29.3 Å². The van der Waals surface area contributed by atoms with Crippen molar-refractivity contribution >= 4 is 5.69 Å². The van der Waals surface area contributed by atoms with E-state index in [9.17, 15) is 0 Å². The van der Waals surface area contributed by atoms with Crippen LogP contribution in [0.2, 0.25) is 0 Å². The van der Waals surface area contributed by atoms with Crippen LogP contribution in [0.5, 0.6) is 0 Å². The van der Waals surface area contributed by atoms with Gasteiger partial charge < -0.3 is 14.7 Å². The lowest BCUT2D eigenvalue weighted by Crippen LogP contribution is -2.53. The standard InChI is InChI=1S/C14H21NO2/c1-11-8-12(9-16)4-5-13(11)15-6-7-17-10-14(15,2)3/h4-5,8,16H,6-7,9-10H2,1-3H3. The second-order valence-corrected chi connectivity index (χ2v) is 5.30. The zero-order valence-electron chi connectivity index (χ0n) is 10.9. The Labute approximate surface area is 103 Å². The molecule has 3 nitrogen and oxygen atoms in total. The summed E-state index contributed by atoms with van der Waals surface area (Å²) in [5.41, 5.74) is 3.46. The molecular formula is C14H21NO2. The molecule has 0 aliphatic carbocycles. The van der Waals surface area contributed by atoms with Gasteiger partial charge in [-0.1, -0.05) is 12.1 Å². The smallest absolute Gasteiger partial charge is 0.0694 e. The first-order valence-corrected chi connectivity index (χ1v) is 6.10. The lowest BCUT2D eigenvalue weighted by Gasteiger charge is -2.44. The zero-order chi connectivity index (χ0) is 12.5. The normalized spacial score (nSPS) is 19.4. The van der Waals surface area contributed by atoms with E-state index in [0.29, 0.717) is 0 Å². The molecule has 0 unspecified atom stereocenters. The number of aryl methyl sites for hydroxylation is 1. The van der Waals surface area contributed by atoms with E-state index in [1.807, 2.05) is 6.07 Å². The second-order valence-electron chi connectivity index (χ2n) is 5.30. The molecule has 1 aliphatic heterocycles. The highest BCUT2D eigenvalue weighted by molar-refractivity contribution is 5.56. The van der Waals surface area contributed by atoms with Gasteiger partial charge in [-0.15, -0.1) is 0 Å². The Hall–Kier alpha value is -1.06. The molecule has 1 fully saturated rings. The second kappa shape index (κ2) is 4.67. The van der Waals surface area contributed by atoms with Crippen LogP contribution >= 0.6 is 0 Å². The molecule has 0 amide bonds. The Morgan fingerprint density at radius 3 is 2.76 bits per heavy atom. The molecule has 2 rings (SSSR count). The predicted molar refractivity (Wildman–Crippen MR) is 69.3 cm³/mol. The van der Waals surface area contributed by atoms with Crippen molar-refractivity contribution in [2.75, 3.05) is 24.7 Å². The van der Waals surface area contributed by atoms with Crippen molar-refractivity contribution < 1.29 is 9.84 Å². The average Bonchev–Trinajstić information content (AvgIpc) is 2.29. The molecule has 3 heteroatoms. The minimum atomic E-state index is 0.0315. The number of morpholine rings is 1. The number of hydrogen-bond acceptors (Lipinski definition) is 3. The third-order valence-corrected chi connectivity index (χ3v) is 3.38. The number of rotatable bonds is 2. The summed E-state index contributed by atoms with van der Waals surface area (Å²) in [6.45, 7) is 9.07. The van der Waals surface area contributed by atoms with Crippen molar-refractivity contribution in [3.63, 3.8) is 0 Å². The Kier molecular flexibility index (Phi) is 3.40. The van der Waals surface area contributed by atoms with E-state index < -0.39 is 0 Å². The lowest BCUT2D eigenvalue weighted by atomic mass is 9.99. The van der Waals surface area contributed by atoms with E-state index in [-0.39, 0.29) is 12.1 Å². The highest BCUT2D eigenvalue weighted by Crippen LogP contribution is 2.30. The lowest BCUT2D eigenvalue weighted by molar-refractivity contribution is 0.0643. The van der Waals surface area contributed by atoms with E-state index in [1.165, 1.54) is 11.3 Å². The number of ether oxygens (including phenoxy) is 1. The maximum atomic E-state index is 9.13. The number of aliphatic hydroxyl groups excluding tert-OH is 1. The Morgan fingerprint density at radius 1 is 1.41 bits per heavy atom. The molecule has 1 N–H and O–H groups in total. The maximum Gasteiger partial charge on any atom is 0.0694 e. The van der Waals surface area contributed by atoms with Crippen LogP contribution in [0.4, 0.5) is 5.69 Å². The van der Waals surface area contributed by atoms with Gasteiger partial charge in [-0.3, -0.25) is 0 Å². The van der Waals surface area contributed by atoms with Gasteiger partial charge in [0.15, 0.2) is 0 Å². The predicted octanol–water partition coefficient (Wildman–Crippen LogP) is 2.10. The molecule has 1 heterocycles. The average molecular weight is 235 g/mol. The number of nitrogens with zero attached hydrogens (tertiary/aromatic N) is 1. The molecule has 1 aliphatic rings. The summed E-state index contributed by atoms with van der Waals surface area (Å²) in [5, 5.41) is 9.13. The summed E-state index contributed by atoms with van der Waals surface area (Å²) in [5.74, 6) is 0. The molecule has 0 spiro atoms. The van der Waals surface area contributed by atoms with Gasteiger partial charge >= 0.3 is 0 Å². The van der Waals surface area contributed by atoms with E-state index in [4.69, 9.17) is 9.84 Å². The molecular weight excluding hydrogens is 214 g/mol. The number of hydrogen-bond donors (Lipinski definition) is 1. The summed E-state index contributed by atoms with van der Waals surface area (Å²) in [6.07, 6.45) is 0. The molecule has 1 aromatic rings. The van der Waals surface area contributed by atoms with E-state index >= 15 is 0 Å². The van der Waals surface area contributed by atoms with E-state index in [2.05, 4.69) is 37.8 Å². The van der Waals surface area contributed by atoms with Crippen molar-refractivity contribution in [2.45, 2.75) is 32.9 Å². The third kappa shape index (κ3) is 2.45. The summed E-state index contributed by atoms with van der Waals surface area (Å²) in [6, 6.07) is 6.16. The van der Waals surface area contributed by atoms with Gasteiger partial charge in [-0.25, -0.2) is 0 Å². The maximum absolute atomic E-state index is 9.13. The quantitative estimate of drug-likeness (QED) is 0.852. The Balaban J connectivity index is 2.32. The zero-order valence-corrected chi connectivity index (χ0v) is 10.9. The van der Waals surface area contributed by atoms with Gasteiger partial charge in [-0.2, -0.15) is 0 Å². The number of anilines is 1. The van der Waals surface area contributed by atoms with Gasteiger partial charge in [0.2, 0.25) is 0 Å². The van der Waals surface area contributed by atoms with E-state index in [1.54, 1.807) is 0 Å². The van der Waals surface area contributed by atoms with Crippen LogP contribution in [0.15, 0.2) is 18.2 Å². The molecule has 17 heavy (non-hydrogen) atoms. The molecule has 0 saturated carbocycles. The fraction of sp³-hybridized carbons (Fsp3) is 0.571. The molecule has 0 atom stereocenters. The van der Waals surface area contributed by atoms with Crippen LogP contribution in [0, 0.1) is 6.92 Å². The van der Waals surface area contributed by atoms with Crippen LogP contribution in [-0.4, -0.2) is 30.4 Å². The van der Waals surface area contributed by atoms with Crippen LogP contribution in [0.1, 0.15) is 25.0 Å². The third-order valence-electron chi connectivity index (χ3n) is 3.38. The van der Waals surface area contributed by atoms with Crippen molar-refractivity contribution in [1.29, 1.82) is 0 Å². The summed E-state index contributed by atoms with van der Waals surface area (Å²) in [7, 11) is 0. The topological polar surface area (TPSA) is 32.7 Å². The SMILES string of the molecule is Cc1cc(CO)ccc1N1CCOCC1(C)C. The fourth-order valence-electron chi connectivity index (χ4n) is 2.42. The first kappa shape index (κ1) is 12.4. The van der Waals surface area contributed by atoms with Gasteiger partial charge in [-0.05, 0) is 38.0 Å². The van der Waals surface area contributed by atoms with E-state index in [0.717, 1.165) is 25.3 Å². The minimum Gasteiger partial charge on any atom is -0.392 e. The van der Waals surface area contributed by atoms with Crippen molar-refractivity contribution in [3.8, 4) is 0 Å². The summed E-state index contributed by atoms with van der Waals surface area (Å²) < 4.78 is 5.54. The van der Waals surface area contributed by atoms with Crippen LogP contribution in [0.25, 0.3) is 0 Å². The van der Waals surface area contributed by atoms with Crippen LogP contribution < -0.4 is 4.90 Å². The highest BCUT2D eigenvalue weighted by atomic mass is 16.5. The molecule has 1 saturated heterocycles. The van der Waals surface area contributed by atoms with Crippen LogP contribution in [-0.2, 0) is 11.3 Å². The molecule has 0 bridgehead atoms. The first-order valence-electron chi connectivity index (χ1n) is 6.10. The fourth-order valence-corrected chi connectivity index (χ4v) is 2.42. The molecule has 1 aromatic carbocycles. The van der Waals surface area contributed by atoms with Gasteiger partial charge in [0.05, 0.1) is 25.4 Å². The molecule has 94 valence electrons. The molecule has 0 aromatic heterocycles. The van der Waals surface area contributed by atoms with Gasteiger partial charge in [0.1, 0.15) is 0 Å². The van der Waals surface area contributed by atoms with Crippen molar-refractivity contribution in [1.82, 2.24) is 0 Å². The molecule has 0 radical (unpaired) electrons. The minimum absolute atomic E-state index is 0.0315. The number of aliphatic hydroxyl groups is 1. The first-order chi connectivity index (χ1) is 8.04.